The SMILES string of the molecule is C(CC1CCNCC1)CC1CCNCC1.N#C[S-].N#C[S-]. The lowest BCUT2D eigenvalue weighted by Crippen LogP contribution is -2.29. The Balaban J connectivity index is 0.000000578. The van der Waals surface area contributed by atoms with E-state index >= 15 is 0 Å². The third-order valence-corrected chi connectivity index (χ3v) is 4.14. The number of rotatable bonds is 4. The van der Waals surface area contributed by atoms with Crippen LogP contribution in [0.25, 0.3) is 0 Å². The lowest BCUT2D eigenvalue weighted by molar-refractivity contribution is 0.304. The van der Waals surface area contributed by atoms with Gasteiger partial charge in [0, 0.05) is 0 Å². The molecular weight excluding hydrogens is 300 g/mol. The van der Waals surface area contributed by atoms with Gasteiger partial charge in [0.25, 0.3) is 0 Å². The predicted molar refractivity (Wildman–Crippen MR) is 91.0 cm³/mol. The number of thiocyanates is 2. The summed E-state index contributed by atoms with van der Waals surface area (Å²) in [5.41, 5.74) is 0. The zero-order valence-electron chi connectivity index (χ0n) is 12.6. The summed E-state index contributed by atoms with van der Waals surface area (Å²) in [7, 11) is 0. The zero-order valence-corrected chi connectivity index (χ0v) is 14.3. The Kier molecular flexibility index (Phi) is 15.2. The van der Waals surface area contributed by atoms with E-state index in [4.69, 9.17) is 10.5 Å². The molecule has 0 saturated carbocycles. The topological polar surface area (TPSA) is 71.6 Å². The van der Waals surface area contributed by atoms with Gasteiger partial charge in [-0.2, -0.15) is 0 Å². The summed E-state index contributed by atoms with van der Waals surface area (Å²) < 4.78 is 0. The molecule has 0 radical (unpaired) electrons. The minimum Gasteiger partial charge on any atom is -0.696 e. The Bertz CT molecular complexity index is 270. The first kappa shape index (κ1) is 20.3. The van der Waals surface area contributed by atoms with Gasteiger partial charge in [0.2, 0.25) is 0 Å². The van der Waals surface area contributed by atoms with Crippen LogP contribution in [0.4, 0.5) is 0 Å². The second-order valence-electron chi connectivity index (χ2n) is 5.50. The van der Waals surface area contributed by atoms with Gasteiger partial charge in [-0.05, 0) is 63.7 Å². The molecule has 0 bridgehead atoms. The molecule has 0 atom stereocenters. The number of nitriles is 2. The molecule has 2 rings (SSSR count). The van der Waals surface area contributed by atoms with E-state index in [2.05, 4.69) is 35.9 Å². The van der Waals surface area contributed by atoms with E-state index < -0.39 is 0 Å². The highest BCUT2D eigenvalue weighted by molar-refractivity contribution is 7.64. The van der Waals surface area contributed by atoms with Crippen LogP contribution in [0, 0.1) is 33.2 Å². The van der Waals surface area contributed by atoms with E-state index in [0.717, 1.165) is 11.8 Å². The molecule has 0 spiro atoms. The van der Waals surface area contributed by atoms with Crippen LogP contribution >= 0.6 is 0 Å². The van der Waals surface area contributed by atoms with E-state index in [0.29, 0.717) is 0 Å². The van der Waals surface area contributed by atoms with Gasteiger partial charge in [0.05, 0.1) is 0 Å². The Hall–Kier alpha value is -0.660. The zero-order chi connectivity index (χ0) is 15.8. The van der Waals surface area contributed by atoms with Crippen molar-refractivity contribution in [3.63, 3.8) is 0 Å². The highest BCUT2D eigenvalue weighted by Gasteiger charge is 2.15. The molecule has 4 nitrogen and oxygen atoms in total. The van der Waals surface area contributed by atoms with Crippen LogP contribution in [-0.4, -0.2) is 26.2 Å². The molecule has 2 saturated heterocycles. The Morgan fingerprint density at radius 2 is 1.05 bits per heavy atom. The quantitative estimate of drug-likeness (QED) is 0.609. The van der Waals surface area contributed by atoms with Crippen LogP contribution in [0.1, 0.15) is 44.9 Å². The summed E-state index contributed by atoms with van der Waals surface area (Å²) in [6, 6.07) is 0. The summed E-state index contributed by atoms with van der Waals surface area (Å²) >= 11 is 7.40. The molecule has 2 fully saturated rings. The van der Waals surface area contributed by atoms with E-state index in [9.17, 15) is 0 Å². The second kappa shape index (κ2) is 15.7. The Morgan fingerprint density at radius 1 is 0.762 bits per heavy atom. The molecule has 2 aliphatic heterocycles. The van der Waals surface area contributed by atoms with Crippen molar-refractivity contribution in [2.24, 2.45) is 11.8 Å². The van der Waals surface area contributed by atoms with Gasteiger partial charge in [-0.1, -0.05) is 30.1 Å². The van der Waals surface area contributed by atoms with Gasteiger partial charge in [-0.15, -0.1) is 0 Å². The van der Waals surface area contributed by atoms with E-state index in [1.54, 1.807) is 0 Å². The molecular formula is C15H26N4S2-2. The monoisotopic (exact) mass is 326 g/mol. The Labute approximate surface area is 140 Å². The van der Waals surface area contributed by atoms with Gasteiger partial charge in [-0.3, -0.25) is 0 Å². The molecule has 120 valence electrons. The molecule has 6 heteroatoms. The molecule has 0 aromatic rings. The van der Waals surface area contributed by atoms with E-state index in [1.807, 2.05) is 0 Å². The van der Waals surface area contributed by atoms with Crippen molar-refractivity contribution >= 4 is 25.3 Å². The highest BCUT2D eigenvalue weighted by Crippen LogP contribution is 2.23. The molecule has 2 aliphatic rings. The van der Waals surface area contributed by atoms with Crippen molar-refractivity contribution in [3.8, 4) is 10.8 Å². The van der Waals surface area contributed by atoms with Crippen LogP contribution in [0.3, 0.4) is 0 Å². The number of nitrogens with one attached hydrogen (secondary N) is 2. The number of hydrogen-bond donors (Lipinski definition) is 2. The molecule has 21 heavy (non-hydrogen) atoms. The molecule has 0 aromatic heterocycles. The van der Waals surface area contributed by atoms with Crippen LogP contribution < -0.4 is 10.6 Å². The third kappa shape index (κ3) is 12.8. The maximum absolute atomic E-state index is 7.13. The van der Waals surface area contributed by atoms with Gasteiger partial charge < -0.3 is 35.9 Å². The van der Waals surface area contributed by atoms with Gasteiger partial charge >= 0.3 is 0 Å². The lowest BCUT2D eigenvalue weighted by Gasteiger charge is -2.25. The molecule has 0 amide bonds. The fraction of sp³-hybridized carbons (Fsp3) is 0.867. The van der Waals surface area contributed by atoms with Crippen molar-refractivity contribution < 1.29 is 0 Å². The first-order chi connectivity index (χ1) is 10.3. The Morgan fingerprint density at radius 3 is 1.33 bits per heavy atom. The van der Waals surface area contributed by atoms with Crippen LogP contribution in [0.15, 0.2) is 0 Å². The average molecular weight is 327 g/mol. The van der Waals surface area contributed by atoms with Crippen LogP contribution in [0.2, 0.25) is 0 Å². The fourth-order valence-electron chi connectivity index (χ4n) is 3.04. The summed E-state index contributed by atoms with van der Waals surface area (Å²) in [6.45, 7) is 5.05. The maximum atomic E-state index is 7.13. The maximum Gasteiger partial charge on any atom is -0.00463 e. The standard InChI is InChI=1S/C13H26N2.2CHNS/c1(2-12-4-8-14-9-5-12)3-13-6-10-15-11-7-13;2*2-1-3/h12-15H,1-11H2;2*3H/p-2. The number of piperidine rings is 2. The first-order valence-electron chi connectivity index (χ1n) is 7.72. The van der Waals surface area contributed by atoms with Crippen molar-refractivity contribution in [2.75, 3.05) is 26.2 Å². The van der Waals surface area contributed by atoms with Gasteiger partial charge in [-0.25, -0.2) is 10.5 Å². The van der Waals surface area contributed by atoms with E-state index in [-0.39, 0.29) is 0 Å². The fourth-order valence-corrected chi connectivity index (χ4v) is 3.04. The smallest absolute Gasteiger partial charge is 0.00463 e. The molecule has 0 aliphatic carbocycles. The van der Waals surface area contributed by atoms with Crippen molar-refractivity contribution in [1.29, 1.82) is 10.5 Å². The second-order valence-corrected chi connectivity index (χ2v) is 5.87. The normalized spacial score (nSPS) is 19.0. The van der Waals surface area contributed by atoms with Crippen molar-refractivity contribution in [2.45, 2.75) is 44.9 Å². The average Bonchev–Trinajstić information content (AvgIpc) is 2.51. The summed E-state index contributed by atoms with van der Waals surface area (Å²) in [6.07, 6.45) is 10.2. The number of hydrogen-bond acceptors (Lipinski definition) is 6. The molecule has 2 heterocycles. The summed E-state index contributed by atoms with van der Waals surface area (Å²) in [5.74, 6) is 2.07. The molecule has 0 aromatic carbocycles. The highest BCUT2D eigenvalue weighted by atomic mass is 32.1. The van der Waals surface area contributed by atoms with Crippen LogP contribution in [-0.2, 0) is 25.3 Å². The first-order valence-corrected chi connectivity index (χ1v) is 8.54. The lowest BCUT2D eigenvalue weighted by atomic mass is 9.87. The summed E-state index contributed by atoms with van der Waals surface area (Å²) in [4.78, 5) is 0. The van der Waals surface area contributed by atoms with Crippen molar-refractivity contribution in [3.05, 3.63) is 0 Å². The minimum absolute atomic E-state index is 1.04. The van der Waals surface area contributed by atoms with Crippen molar-refractivity contribution in [1.82, 2.24) is 10.6 Å². The van der Waals surface area contributed by atoms with Crippen LogP contribution in [0.5, 0.6) is 0 Å². The van der Waals surface area contributed by atoms with E-state index in [1.165, 1.54) is 81.9 Å². The largest absolute Gasteiger partial charge is 0.696 e. The van der Waals surface area contributed by atoms with Gasteiger partial charge in [0.1, 0.15) is 0 Å². The van der Waals surface area contributed by atoms with Gasteiger partial charge in [0.15, 0.2) is 0 Å². The number of nitrogens with zero attached hydrogens (tertiary/aromatic N) is 2. The summed E-state index contributed by atoms with van der Waals surface area (Å²) in [5, 5.41) is 23.8. The predicted octanol–water partition coefficient (Wildman–Crippen LogP) is 2.18. The molecule has 2 N–H and O–H groups in total. The minimum atomic E-state index is 1.04. The third-order valence-electron chi connectivity index (χ3n) is 4.14. The molecule has 0 unspecified atom stereocenters.